The second kappa shape index (κ2) is 9.14. The summed E-state index contributed by atoms with van der Waals surface area (Å²) < 4.78 is 14.5. The van der Waals surface area contributed by atoms with Gasteiger partial charge in [0.25, 0.3) is 5.91 Å². The molecular formula is C31H31FN4O3. The van der Waals surface area contributed by atoms with Crippen LogP contribution in [0.5, 0.6) is 0 Å². The van der Waals surface area contributed by atoms with Gasteiger partial charge in [-0.05, 0) is 55.9 Å². The number of piperazine rings is 1. The lowest BCUT2D eigenvalue weighted by molar-refractivity contribution is -0.134. The summed E-state index contributed by atoms with van der Waals surface area (Å²) in [7, 11) is 0. The summed E-state index contributed by atoms with van der Waals surface area (Å²) in [5.41, 5.74) is 3.31. The first-order valence-electron chi connectivity index (χ1n) is 14.0. The molecule has 3 heterocycles. The number of piperidine rings is 1. The Morgan fingerprint density at radius 3 is 2.36 bits per heavy atom. The van der Waals surface area contributed by atoms with Gasteiger partial charge in [-0.15, -0.1) is 0 Å². The molecule has 39 heavy (non-hydrogen) atoms. The Labute approximate surface area is 226 Å². The zero-order valence-electron chi connectivity index (χ0n) is 21.9. The zero-order valence-corrected chi connectivity index (χ0v) is 21.9. The SMILES string of the molecule is O=C(c1cnc2ccc(F)cc2c1N1CCC2(CC1)Cc1ccccc1C2=O)N1CCN(C(=O)C2CC2)CC1. The van der Waals surface area contributed by atoms with Crippen LogP contribution in [0.1, 0.15) is 52.0 Å². The number of carbonyl (C=O) groups excluding carboxylic acids is 3. The van der Waals surface area contributed by atoms with Crippen LogP contribution in [-0.2, 0) is 11.2 Å². The number of fused-ring (bicyclic) bond motifs is 2. The number of anilines is 1. The molecule has 7 nitrogen and oxygen atoms in total. The fraction of sp³-hybridized carbons (Fsp3) is 0.419. The van der Waals surface area contributed by atoms with Gasteiger partial charge in [-0.25, -0.2) is 4.39 Å². The van der Waals surface area contributed by atoms with Crippen LogP contribution in [0, 0.1) is 17.2 Å². The summed E-state index contributed by atoms with van der Waals surface area (Å²) >= 11 is 0. The summed E-state index contributed by atoms with van der Waals surface area (Å²) in [6, 6.07) is 12.4. The first kappa shape index (κ1) is 24.2. The van der Waals surface area contributed by atoms with Crippen LogP contribution in [0.15, 0.2) is 48.7 Å². The van der Waals surface area contributed by atoms with Gasteiger partial charge >= 0.3 is 0 Å². The molecule has 2 saturated heterocycles. The molecule has 0 bridgehead atoms. The normalized spacial score (nSPS) is 20.5. The van der Waals surface area contributed by atoms with Gasteiger partial charge in [0, 0.05) is 67.7 Å². The summed E-state index contributed by atoms with van der Waals surface area (Å²) in [6.45, 7) is 3.18. The second-order valence-corrected chi connectivity index (χ2v) is 11.5. The molecule has 8 heteroatoms. The fourth-order valence-corrected chi connectivity index (χ4v) is 6.73. The summed E-state index contributed by atoms with van der Waals surface area (Å²) in [6.07, 6.45) is 5.65. The van der Waals surface area contributed by atoms with Crippen LogP contribution in [0.3, 0.4) is 0 Å². The Bertz CT molecular complexity index is 1500. The standard InChI is InChI=1S/C31H31FN4O3/c32-22-7-8-26-24(17-22)27(34-11-9-31(10-12-34)18-21-3-1-2-4-23(21)28(31)37)25(19-33-26)30(39)36-15-13-35(14-16-36)29(38)20-5-6-20/h1-4,7-8,17,19-20H,5-6,9-16,18H2. The van der Waals surface area contributed by atoms with E-state index in [1.165, 1.54) is 12.1 Å². The van der Waals surface area contributed by atoms with E-state index >= 15 is 0 Å². The molecule has 2 aromatic carbocycles. The summed E-state index contributed by atoms with van der Waals surface area (Å²) in [5.74, 6) is 0.0687. The van der Waals surface area contributed by atoms with E-state index in [0.717, 1.165) is 30.4 Å². The van der Waals surface area contributed by atoms with Crippen molar-refractivity contribution in [2.45, 2.75) is 32.1 Å². The number of pyridine rings is 1. The molecule has 200 valence electrons. The highest BCUT2D eigenvalue weighted by Gasteiger charge is 2.47. The van der Waals surface area contributed by atoms with E-state index in [1.807, 2.05) is 29.2 Å². The van der Waals surface area contributed by atoms with Crippen molar-refractivity contribution in [1.29, 1.82) is 0 Å². The molecule has 2 aliphatic heterocycles. The maximum absolute atomic E-state index is 14.5. The molecule has 0 radical (unpaired) electrons. The number of hydrogen-bond acceptors (Lipinski definition) is 5. The Balaban J connectivity index is 1.17. The van der Waals surface area contributed by atoms with Gasteiger partial charge in [-0.3, -0.25) is 19.4 Å². The number of ketones is 1. The van der Waals surface area contributed by atoms with Crippen molar-refractivity contribution in [3.63, 3.8) is 0 Å². The summed E-state index contributed by atoms with van der Waals surface area (Å²) in [4.78, 5) is 50.1. The van der Waals surface area contributed by atoms with Gasteiger partial charge in [0.1, 0.15) is 5.82 Å². The number of amides is 2. The predicted octanol–water partition coefficient (Wildman–Crippen LogP) is 4.09. The zero-order chi connectivity index (χ0) is 26.7. The Morgan fingerprint density at radius 1 is 0.923 bits per heavy atom. The lowest BCUT2D eigenvalue weighted by Crippen LogP contribution is -2.51. The molecule has 2 amide bonds. The van der Waals surface area contributed by atoms with Gasteiger partial charge < -0.3 is 14.7 Å². The largest absolute Gasteiger partial charge is 0.370 e. The molecule has 4 aliphatic rings. The third-order valence-electron chi connectivity index (χ3n) is 9.15. The van der Waals surface area contributed by atoms with Crippen LogP contribution in [0.25, 0.3) is 10.9 Å². The minimum atomic E-state index is -0.414. The van der Waals surface area contributed by atoms with Crippen molar-refractivity contribution in [2.24, 2.45) is 11.3 Å². The van der Waals surface area contributed by atoms with Crippen molar-refractivity contribution in [3.05, 3.63) is 71.2 Å². The summed E-state index contributed by atoms with van der Waals surface area (Å²) in [5, 5.41) is 0.611. The van der Waals surface area contributed by atoms with Gasteiger partial charge in [0.15, 0.2) is 5.78 Å². The van der Waals surface area contributed by atoms with Crippen molar-refractivity contribution in [2.75, 3.05) is 44.2 Å². The monoisotopic (exact) mass is 526 g/mol. The first-order chi connectivity index (χ1) is 18.9. The van der Waals surface area contributed by atoms with Crippen molar-refractivity contribution in [1.82, 2.24) is 14.8 Å². The molecule has 0 N–H and O–H groups in total. The minimum Gasteiger partial charge on any atom is -0.370 e. The number of carbonyl (C=O) groups is 3. The fourth-order valence-electron chi connectivity index (χ4n) is 6.73. The Morgan fingerprint density at radius 2 is 1.64 bits per heavy atom. The highest BCUT2D eigenvalue weighted by atomic mass is 19.1. The molecule has 1 saturated carbocycles. The van der Waals surface area contributed by atoms with Crippen LogP contribution in [-0.4, -0.2) is 71.6 Å². The molecule has 2 aliphatic carbocycles. The van der Waals surface area contributed by atoms with Gasteiger partial charge in [0.2, 0.25) is 5.91 Å². The van der Waals surface area contributed by atoms with E-state index in [0.29, 0.717) is 74.3 Å². The number of benzene rings is 2. The van der Waals surface area contributed by atoms with Gasteiger partial charge in [-0.1, -0.05) is 24.3 Å². The van der Waals surface area contributed by atoms with Gasteiger partial charge in [-0.2, -0.15) is 0 Å². The number of hydrogen-bond donors (Lipinski definition) is 0. The Kier molecular flexibility index (Phi) is 5.68. The molecule has 1 aromatic heterocycles. The molecule has 7 rings (SSSR count). The number of rotatable bonds is 3. The van der Waals surface area contributed by atoms with E-state index in [4.69, 9.17) is 0 Å². The molecule has 0 atom stereocenters. The molecule has 1 spiro atoms. The van der Waals surface area contributed by atoms with Crippen LogP contribution in [0.2, 0.25) is 0 Å². The molecular weight excluding hydrogens is 495 g/mol. The quantitative estimate of drug-likeness (QED) is 0.514. The van der Waals surface area contributed by atoms with E-state index in [2.05, 4.69) is 9.88 Å². The smallest absolute Gasteiger partial charge is 0.257 e. The lowest BCUT2D eigenvalue weighted by Gasteiger charge is -2.41. The number of nitrogens with zero attached hydrogens (tertiary/aromatic N) is 4. The van der Waals surface area contributed by atoms with Crippen LogP contribution in [0.4, 0.5) is 10.1 Å². The Hall–Kier alpha value is -3.81. The maximum Gasteiger partial charge on any atom is 0.257 e. The topological polar surface area (TPSA) is 73.8 Å². The second-order valence-electron chi connectivity index (χ2n) is 11.5. The maximum atomic E-state index is 14.5. The van der Waals surface area contributed by atoms with E-state index < -0.39 is 5.41 Å². The first-order valence-corrected chi connectivity index (χ1v) is 14.0. The van der Waals surface area contributed by atoms with Crippen LogP contribution >= 0.6 is 0 Å². The predicted molar refractivity (Wildman–Crippen MR) is 145 cm³/mol. The van der Waals surface area contributed by atoms with E-state index in [-0.39, 0.29) is 29.3 Å². The highest BCUT2D eigenvalue weighted by Crippen LogP contribution is 2.46. The van der Waals surface area contributed by atoms with E-state index in [9.17, 15) is 18.8 Å². The van der Waals surface area contributed by atoms with Crippen molar-refractivity contribution >= 4 is 34.2 Å². The van der Waals surface area contributed by atoms with Gasteiger partial charge in [0.05, 0.1) is 16.8 Å². The number of Topliss-reactive ketones (excluding diaryl/α,β-unsaturated/α-hetero) is 1. The highest BCUT2D eigenvalue weighted by molar-refractivity contribution is 6.08. The molecule has 3 aromatic rings. The van der Waals surface area contributed by atoms with E-state index in [1.54, 1.807) is 17.2 Å². The minimum absolute atomic E-state index is 0.146. The third-order valence-corrected chi connectivity index (χ3v) is 9.15. The molecule has 3 fully saturated rings. The van der Waals surface area contributed by atoms with Crippen LogP contribution < -0.4 is 4.90 Å². The van der Waals surface area contributed by atoms with Crippen molar-refractivity contribution < 1.29 is 18.8 Å². The third kappa shape index (κ3) is 4.08. The molecule has 0 unspecified atom stereocenters. The number of halogens is 1. The average molecular weight is 527 g/mol. The number of aromatic nitrogens is 1. The van der Waals surface area contributed by atoms with Crippen molar-refractivity contribution in [3.8, 4) is 0 Å². The average Bonchev–Trinajstić information content (AvgIpc) is 3.78. The lowest BCUT2D eigenvalue weighted by atomic mass is 9.75.